The van der Waals surface area contributed by atoms with E-state index in [2.05, 4.69) is 28.9 Å². The molecule has 0 amide bonds. The number of hydrogen-bond acceptors (Lipinski definition) is 6. The molecule has 2 heterocycles. The molecule has 3 rings (SSSR count). The maximum atomic E-state index is 12.0. The molecule has 0 radical (unpaired) electrons. The first-order valence-electron chi connectivity index (χ1n) is 8.19. The molecule has 1 saturated heterocycles. The molecule has 1 aliphatic rings. The van der Waals surface area contributed by atoms with Crippen LogP contribution in [0.4, 0.5) is 0 Å². The Morgan fingerprint density at radius 2 is 2.17 bits per heavy atom. The second-order valence-electron chi connectivity index (χ2n) is 5.89. The quantitative estimate of drug-likeness (QED) is 0.778. The number of rotatable bonds is 5. The summed E-state index contributed by atoms with van der Waals surface area (Å²) in [6, 6.07) is 10.2. The van der Waals surface area contributed by atoms with Gasteiger partial charge in [-0.1, -0.05) is 30.3 Å². The summed E-state index contributed by atoms with van der Waals surface area (Å²) in [4.78, 5) is 19.3. The van der Waals surface area contributed by atoms with E-state index in [0.29, 0.717) is 18.0 Å². The van der Waals surface area contributed by atoms with Gasteiger partial charge in [0.05, 0.1) is 30.0 Å². The molecule has 6 heteroatoms. The molecule has 1 fully saturated rings. The van der Waals surface area contributed by atoms with Crippen LogP contribution in [0.1, 0.15) is 40.9 Å². The van der Waals surface area contributed by atoms with E-state index in [4.69, 9.17) is 9.47 Å². The number of aromatic nitrogens is 1. The van der Waals surface area contributed by atoms with Crippen molar-refractivity contribution in [1.82, 2.24) is 9.88 Å². The van der Waals surface area contributed by atoms with Crippen LogP contribution < -0.4 is 0 Å². The van der Waals surface area contributed by atoms with Crippen molar-refractivity contribution in [1.29, 1.82) is 0 Å². The van der Waals surface area contributed by atoms with Crippen LogP contribution in [-0.4, -0.2) is 41.7 Å². The Morgan fingerprint density at radius 1 is 1.38 bits per heavy atom. The van der Waals surface area contributed by atoms with Crippen LogP contribution in [0.2, 0.25) is 0 Å². The molecule has 5 nitrogen and oxygen atoms in total. The number of esters is 1. The highest BCUT2D eigenvalue weighted by atomic mass is 32.1. The highest BCUT2D eigenvalue weighted by Crippen LogP contribution is 2.27. The average molecular weight is 346 g/mol. The van der Waals surface area contributed by atoms with Gasteiger partial charge in [-0.2, -0.15) is 0 Å². The van der Waals surface area contributed by atoms with E-state index < -0.39 is 0 Å². The predicted octanol–water partition coefficient (Wildman–Crippen LogP) is 3.28. The Bertz CT molecular complexity index is 674. The lowest BCUT2D eigenvalue weighted by Crippen LogP contribution is -2.42. The number of thiazole rings is 1. The minimum Gasteiger partial charge on any atom is -0.462 e. The highest BCUT2D eigenvalue weighted by molar-refractivity contribution is 7.11. The van der Waals surface area contributed by atoms with Gasteiger partial charge in [0.1, 0.15) is 4.88 Å². The molecule has 0 N–H and O–H groups in total. The zero-order valence-corrected chi connectivity index (χ0v) is 14.8. The van der Waals surface area contributed by atoms with Crippen molar-refractivity contribution in [3.05, 3.63) is 52.0 Å². The molecule has 24 heavy (non-hydrogen) atoms. The van der Waals surface area contributed by atoms with Gasteiger partial charge in [-0.25, -0.2) is 9.78 Å². The standard InChI is InChI=1S/C18H22N2O3S/c1-3-22-18(21)17-15(19-12-24-17)10-20-9-13(2)23-16(11-20)14-7-5-4-6-8-14/h4-8,12-13,16H,3,9-11H2,1-2H3/t13-,16-/m0/s1. The lowest BCUT2D eigenvalue weighted by molar-refractivity contribution is -0.0816. The van der Waals surface area contributed by atoms with Gasteiger partial charge in [0, 0.05) is 19.6 Å². The van der Waals surface area contributed by atoms with Gasteiger partial charge < -0.3 is 9.47 Å². The molecule has 0 saturated carbocycles. The third kappa shape index (κ3) is 4.01. The Morgan fingerprint density at radius 3 is 2.92 bits per heavy atom. The van der Waals surface area contributed by atoms with E-state index in [1.807, 2.05) is 25.1 Å². The van der Waals surface area contributed by atoms with Crippen LogP contribution in [0.5, 0.6) is 0 Å². The monoisotopic (exact) mass is 346 g/mol. The first-order valence-corrected chi connectivity index (χ1v) is 9.07. The van der Waals surface area contributed by atoms with Gasteiger partial charge in [-0.15, -0.1) is 11.3 Å². The molecule has 2 aromatic rings. The van der Waals surface area contributed by atoms with Crippen molar-refractivity contribution in [2.45, 2.75) is 32.6 Å². The molecular weight excluding hydrogens is 324 g/mol. The fourth-order valence-corrected chi connectivity index (χ4v) is 3.67. The van der Waals surface area contributed by atoms with Crippen LogP contribution in [0.15, 0.2) is 35.8 Å². The summed E-state index contributed by atoms with van der Waals surface area (Å²) in [7, 11) is 0. The number of carbonyl (C=O) groups is 1. The maximum absolute atomic E-state index is 12.0. The Hall–Kier alpha value is -1.76. The molecule has 0 spiro atoms. The highest BCUT2D eigenvalue weighted by Gasteiger charge is 2.28. The predicted molar refractivity (Wildman–Crippen MR) is 93.1 cm³/mol. The van der Waals surface area contributed by atoms with Crippen molar-refractivity contribution in [2.24, 2.45) is 0 Å². The summed E-state index contributed by atoms with van der Waals surface area (Å²) in [5.41, 5.74) is 3.68. The molecule has 0 unspecified atom stereocenters. The average Bonchev–Trinajstić information content (AvgIpc) is 3.03. The molecular formula is C18H22N2O3S. The number of ether oxygens (including phenoxy) is 2. The fourth-order valence-electron chi connectivity index (χ4n) is 2.98. The minimum atomic E-state index is -0.282. The van der Waals surface area contributed by atoms with Gasteiger partial charge in [0.25, 0.3) is 0 Å². The van der Waals surface area contributed by atoms with Crippen molar-refractivity contribution >= 4 is 17.3 Å². The minimum absolute atomic E-state index is 0.0413. The maximum Gasteiger partial charge on any atom is 0.350 e. The molecule has 1 aliphatic heterocycles. The van der Waals surface area contributed by atoms with Crippen molar-refractivity contribution in [3.63, 3.8) is 0 Å². The van der Waals surface area contributed by atoms with Crippen molar-refractivity contribution in [3.8, 4) is 0 Å². The van der Waals surface area contributed by atoms with E-state index in [0.717, 1.165) is 18.8 Å². The van der Waals surface area contributed by atoms with E-state index in [-0.39, 0.29) is 18.2 Å². The van der Waals surface area contributed by atoms with Gasteiger partial charge in [0.15, 0.2) is 0 Å². The Balaban J connectivity index is 1.71. The van der Waals surface area contributed by atoms with Crippen LogP contribution in [0.25, 0.3) is 0 Å². The summed E-state index contributed by atoms with van der Waals surface area (Å²) < 4.78 is 11.2. The van der Waals surface area contributed by atoms with Crippen molar-refractivity contribution < 1.29 is 14.3 Å². The SMILES string of the molecule is CCOC(=O)c1scnc1CN1C[C@@H](c2ccccc2)O[C@@H](C)C1. The molecule has 2 atom stereocenters. The number of morpholine rings is 1. The summed E-state index contributed by atoms with van der Waals surface area (Å²) in [5.74, 6) is -0.282. The first kappa shape index (κ1) is 17.1. The second-order valence-corrected chi connectivity index (χ2v) is 6.74. The molecule has 1 aromatic carbocycles. The summed E-state index contributed by atoms with van der Waals surface area (Å²) in [5, 5.41) is 0. The topological polar surface area (TPSA) is 51.7 Å². The first-order chi connectivity index (χ1) is 11.7. The normalized spacial score (nSPS) is 21.6. The number of hydrogen-bond donors (Lipinski definition) is 0. The largest absolute Gasteiger partial charge is 0.462 e. The van der Waals surface area contributed by atoms with E-state index >= 15 is 0 Å². The molecule has 128 valence electrons. The third-order valence-electron chi connectivity index (χ3n) is 3.98. The zero-order valence-electron chi connectivity index (χ0n) is 14.0. The van der Waals surface area contributed by atoms with Crippen LogP contribution >= 0.6 is 11.3 Å². The summed E-state index contributed by atoms with van der Waals surface area (Å²) in [6.07, 6.45) is 0.174. The van der Waals surface area contributed by atoms with Crippen LogP contribution in [-0.2, 0) is 16.0 Å². The Labute approximate surface area is 146 Å². The van der Waals surface area contributed by atoms with Gasteiger partial charge in [0.2, 0.25) is 0 Å². The van der Waals surface area contributed by atoms with Crippen LogP contribution in [0.3, 0.4) is 0 Å². The van der Waals surface area contributed by atoms with Crippen molar-refractivity contribution in [2.75, 3.05) is 19.7 Å². The molecule has 0 bridgehead atoms. The lowest BCUT2D eigenvalue weighted by atomic mass is 10.1. The fraction of sp³-hybridized carbons (Fsp3) is 0.444. The smallest absolute Gasteiger partial charge is 0.350 e. The molecule has 1 aromatic heterocycles. The van der Waals surface area contributed by atoms with Gasteiger partial charge in [-0.3, -0.25) is 4.90 Å². The van der Waals surface area contributed by atoms with Gasteiger partial charge >= 0.3 is 5.97 Å². The second kappa shape index (κ2) is 7.88. The molecule has 0 aliphatic carbocycles. The van der Waals surface area contributed by atoms with E-state index in [9.17, 15) is 4.79 Å². The summed E-state index contributed by atoms with van der Waals surface area (Å²) >= 11 is 1.34. The van der Waals surface area contributed by atoms with Crippen LogP contribution in [0, 0.1) is 0 Å². The van der Waals surface area contributed by atoms with E-state index in [1.165, 1.54) is 16.9 Å². The zero-order chi connectivity index (χ0) is 16.9. The summed E-state index contributed by atoms with van der Waals surface area (Å²) in [6.45, 7) is 6.51. The number of benzene rings is 1. The van der Waals surface area contributed by atoms with Gasteiger partial charge in [-0.05, 0) is 19.4 Å². The lowest BCUT2D eigenvalue weighted by Gasteiger charge is -2.36. The Kier molecular flexibility index (Phi) is 5.60. The third-order valence-corrected chi connectivity index (χ3v) is 4.83. The number of carbonyl (C=O) groups excluding carboxylic acids is 1. The number of nitrogens with zero attached hydrogens (tertiary/aromatic N) is 2. The van der Waals surface area contributed by atoms with E-state index in [1.54, 1.807) is 5.51 Å².